The van der Waals surface area contributed by atoms with Gasteiger partial charge >= 0.3 is 0 Å². The second-order valence-corrected chi connectivity index (χ2v) is 6.93. The molecule has 0 saturated heterocycles. The van der Waals surface area contributed by atoms with Crippen LogP contribution in [0.15, 0.2) is 95.1 Å². The molecule has 3 aromatic rings. The van der Waals surface area contributed by atoms with Crippen LogP contribution in [-0.2, 0) is 11.3 Å². The molecule has 0 aromatic heterocycles. The van der Waals surface area contributed by atoms with E-state index in [-0.39, 0.29) is 17.5 Å². The van der Waals surface area contributed by atoms with Crippen LogP contribution in [0.2, 0.25) is 0 Å². The summed E-state index contributed by atoms with van der Waals surface area (Å²) in [4.78, 5) is 25.4. The van der Waals surface area contributed by atoms with Crippen molar-refractivity contribution < 1.29 is 9.59 Å². The molecule has 2 N–H and O–H groups in total. The molecule has 0 saturated carbocycles. The number of nitrogens with one attached hydrogen (secondary N) is 2. The molecule has 140 valence electrons. The molecule has 0 unspecified atom stereocenters. The Morgan fingerprint density at radius 2 is 1.43 bits per heavy atom. The van der Waals surface area contributed by atoms with E-state index in [2.05, 4.69) is 26.6 Å². The van der Waals surface area contributed by atoms with Gasteiger partial charge in [-0.05, 0) is 45.3 Å². The van der Waals surface area contributed by atoms with Crippen molar-refractivity contribution in [3.63, 3.8) is 0 Å². The van der Waals surface area contributed by atoms with Crippen molar-refractivity contribution in [1.29, 1.82) is 0 Å². The van der Waals surface area contributed by atoms with E-state index in [1.54, 1.807) is 24.3 Å². The molecule has 0 heterocycles. The number of hydrogen-bond donors (Lipinski definition) is 2. The van der Waals surface area contributed by atoms with Gasteiger partial charge in [0.25, 0.3) is 11.8 Å². The number of halogens is 1. The van der Waals surface area contributed by atoms with Gasteiger partial charge in [0.1, 0.15) is 5.70 Å². The number of benzene rings is 3. The molecule has 0 aliphatic carbocycles. The average molecular weight is 435 g/mol. The molecule has 0 atom stereocenters. The van der Waals surface area contributed by atoms with Gasteiger partial charge in [0.2, 0.25) is 0 Å². The lowest BCUT2D eigenvalue weighted by molar-refractivity contribution is -0.117. The second kappa shape index (κ2) is 9.67. The van der Waals surface area contributed by atoms with Crippen molar-refractivity contribution in [1.82, 2.24) is 10.6 Å². The minimum atomic E-state index is -0.357. The molecule has 0 aliphatic rings. The van der Waals surface area contributed by atoms with Crippen LogP contribution < -0.4 is 10.6 Å². The van der Waals surface area contributed by atoms with Crippen molar-refractivity contribution in [3.8, 4) is 0 Å². The van der Waals surface area contributed by atoms with Gasteiger partial charge in [-0.25, -0.2) is 0 Å². The fourth-order valence-corrected chi connectivity index (χ4v) is 3.05. The van der Waals surface area contributed by atoms with Crippen LogP contribution in [-0.4, -0.2) is 11.8 Å². The van der Waals surface area contributed by atoms with Crippen molar-refractivity contribution >= 4 is 33.8 Å². The van der Waals surface area contributed by atoms with Gasteiger partial charge in [0.15, 0.2) is 0 Å². The van der Waals surface area contributed by atoms with Gasteiger partial charge in [0.05, 0.1) is 5.56 Å². The number of amides is 2. The average Bonchev–Trinajstić information content (AvgIpc) is 2.73. The summed E-state index contributed by atoms with van der Waals surface area (Å²) in [5.41, 5.74) is 2.44. The molecule has 3 rings (SSSR count). The molecule has 28 heavy (non-hydrogen) atoms. The maximum absolute atomic E-state index is 12.8. The first-order chi connectivity index (χ1) is 13.6. The SMILES string of the molecule is O=C(NCc1ccccc1)/C(=C\c1ccccc1)NC(=O)c1ccccc1Br. The fraction of sp³-hybridized carbons (Fsp3) is 0.0435. The smallest absolute Gasteiger partial charge is 0.268 e. The highest BCUT2D eigenvalue weighted by Crippen LogP contribution is 2.16. The van der Waals surface area contributed by atoms with Gasteiger partial charge < -0.3 is 10.6 Å². The summed E-state index contributed by atoms with van der Waals surface area (Å²) in [5, 5.41) is 5.60. The Morgan fingerprint density at radius 1 is 0.821 bits per heavy atom. The number of carbonyl (C=O) groups is 2. The lowest BCUT2D eigenvalue weighted by Crippen LogP contribution is -2.34. The quantitative estimate of drug-likeness (QED) is 0.559. The van der Waals surface area contributed by atoms with Gasteiger partial charge in [0, 0.05) is 11.0 Å². The van der Waals surface area contributed by atoms with E-state index in [0.717, 1.165) is 11.1 Å². The summed E-state index contributed by atoms with van der Waals surface area (Å²) < 4.78 is 0.663. The van der Waals surface area contributed by atoms with Crippen LogP contribution >= 0.6 is 15.9 Å². The summed E-state index contributed by atoms with van der Waals surface area (Å²) in [6, 6.07) is 26.1. The van der Waals surface area contributed by atoms with E-state index < -0.39 is 0 Å². The van der Waals surface area contributed by atoms with Crippen molar-refractivity contribution in [2.45, 2.75) is 6.54 Å². The molecule has 0 bridgehead atoms. The Hall–Kier alpha value is -3.18. The summed E-state index contributed by atoms with van der Waals surface area (Å²) in [6.07, 6.45) is 1.66. The topological polar surface area (TPSA) is 58.2 Å². The van der Waals surface area contributed by atoms with E-state index >= 15 is 0 Å². The van der Waals surface area contributed by atoms with E-state index in [4.69, 9.17) is 0 Å². The van der Waals surface area contributed by atoms with E-state index in [1.165, 1.54) is 0 Å². The zero-order valence-electron chi connectivity index (χ0n) is 15.1. The Kier molecular flexibility index (Phi) is 6.76. The highest BCUT2D eigenvalue weighted by Gasteiger charge is 2.16. The van der Waals surface area contributed by atoms with Crippen molar-refractivity contribution in [2.75, 3.05) is 0 Å². The van der Waals surface area contributed by atoms with Crippen LogP contribution in [0.1, 0.15) is 21.5 Å². The number of hydrogen-bond acceptors (Lipinski definition) is 2. The monoisotopic (exact) mass is 434 g/mol. The highest BCUT2D eigenvalue weighted by molar-refractivity contribution is 9.10. The second-order valence-electron chi connectivity index (χ2n) is 6.07. The first kappa shape index (κ1) is 19.6. The highest BCUT2D eigenvalue weighted by atomic mass is 79.9. The molecule has 3 aromatic carbocycles. The van der Waals surface area contributed by atoms with Crippen LogP contribution in [0, 0.1) is 0 Å². The molecule has 2 amide bonds. The van der Waals surface area contributed by atoms with E-state index in [9.17, 15) is 9.59 Å². The van der Waals surface area contributed by atoms with E-state index in [1.807, 2.05) is 66.7 Å². The Morgan fingerprint density at radius 3 is 2.11 bits per heavy atom. The normalized spacial score (nSPS) is 11.0. The van der Waals surface area contributed by atoms with Crippen LogP contribution in [0.4, 0.5) is 0 Å². The zero-order valence-corrected chi connectivity index (χ0v) is 16.6. The molecular formula is C23H19BrN2O2. The van der Waals surface area contributed by atoms with Crippen LogP contribution in [0.5, 0.6) is 0 Å². The summed E-state index contributed by atoms with van der Waals surface area (Å²) in [6.45, 7) is 0.372. The Labute approximate surface area is 172 Å². The third kappa shape index (κ3) is 5.41. The van der Waals surface area contributed by atoms with Gasteiger partial charge in [-0.1, -0.05) is 72.8 Å². The number of rotatable bonds is 6. The minimum Gasteiger partial charge on any atom is -0.347 e. The van der Waals surface area contributed by atoms with Gasteiger partial charge in [-0.2, -0.15) is 0 Å². The molecule has 0 aliphatic heterocycles. The zero-order chi connectivity index (χ0) is 19.8. The summed E-state index contributed by atoms with van der Waals surface area (Å²) in [7, 11) is 0. The molecule has 0 spiro atoms. The van der Waals surface area contributed by atoms with Crippen molar-refractivity contribution in [2.24, 2.45) is 0 Å². The number of carbonyl (C=O) groups excluding carboxylic acids is 2. The molecule has 0 fully saturated rings. The van der Waals surface area contributed by atoms with Crippen molar-refractivity contribution in [3.05, 3.63) is 112 Å². The first-order valence-corrected chi connectivity index (χ1v) is 9.57. The largest absolute Gasteiger partial charge is 0.347 e. The maximum atomic E-state index is 12.8. The Bertz CT molecular complexity index is 986. The summed E-state index contributed by atoms with van der Waals surface area (Å²) in [5.74, 6) is -0.711. The van der Waals surface area contributed by atoms with E-state index in [0.29, 0.717) is 16.6 Å². The molecule has 4 nitrogen and oxygen atoms in total. The predicted octanol–water partition coefficient (Wildman–Crippen LogP) is 4.54. The van der Waals surface area contributed by atoms with Gasteiger partial charge in [-0.15, -0.1) is 0 Å². The fourth-order valence-electron chi connectivity index (χ4n) is 2.58. The molecule has 0 radical (unpaired) electrons. The predicted molar refractivity (Wildman–Crippen MR) is 114 cm³/mol. The third-order valence-electron chi connectivity index (χ3n) is 4.02. The summed E-state index contributed by atoms with van der Waals surface area (Å²) >= 11 is 3.37. The standard InChI is InChI=1S/C23H19BrN2O2/c24-20-14-8-7-13-19(20)22(27)26-21(15-17-9-3-1-4-10-17)23(28)25-16-18-11-5-2-6-12-18/h1-15H,16H2,(H,25,28)(H,26,27)/b21-15+. The van der Waals surface area contributed by atoms with Crippen LogP contribution in [0.3, 0.4) is 0 Å². The van der Waals surface area contributed by atoms with Gasteiger partial charge in [-0.3, -0.25) is 9.59 Å². The van der Waals surface area contributed by atoms with Crippen LogP contribution in [0.25, 0.3) is 6.08 Å². The molecule has 5 heteroatoms. The lowest BCUT2D eigenvalue weighted by Gasteiger charge is -2.12. The third-order valence-corrected chi connectivity index (χ3v) is 4.71. The first-order valence-electron chi connectivity index (χ1n) is 8.78. The molecular weight excluding hydrogens is 416 g/mol. The minimum absolute atomic E-state index is 0.183. The Balaban J connectivity index is 1.81. The maximum Gasteiger partial charge on any atom is 0.268 e. The lowest BCUT2D eigenvalue weighted by atomic mass is 10.1.